The van der Waals surface area contributed by atoms with Crippen LogP contribution in [0.3, 0.4) is 0 Å². The van der Waals surface area contributed by atoms with E-state index in [1.54, 1.807) is 0 Å². The van der Waals surface area contributed by atoms with E-state index in [9.17, 15) is 0 Å². The smallest absolute Gasteiger partial charge is 0.106 e. The lowest BCUT2D eigenvalue weighted by molar-refractivity contribution is 0.682. The first-order valence-corrected chi connectivity index (χ1v) is 6.36. The van der Waals surface area contributed by atoms with Crippen molar-refractivity contribution in [2.45, 2.75) is 19.9 Å². The molecule has 0 aliphatic heterocycles. The number of anilines is 1. The number of nitrogens with two attached hydrogens (primary N) is 1. The summed E-state index contributed by atoms with van der Waals surface area (Å²) in [6.07, 6.45) is 2.73. The van der Waals surface area contributed by atoms with Gasteiger partial charge in [-0.25, -0.2) is 4.98 Å². The number of fused-ring (bicyclic) bond motifs is 1. The quantitative estimate of drug-likeness (QED) is 0.729. The molecule has 0 fully saturated rings. The van der Waals surface area contributed by atoms with Crippen molar-refractivity contribution in [3.8, 4) is 0 Å². The Bertz CT molecular complexity index is 701. The molecule has 4 heteroatoms. The highest BCUT2D eigenvalue weighted by atomic mass is 15.1. The number of nitrogen functional groups attached to an aromatic ring is 1. The topological polar surface area (TPSA) is 56.7 Å². The number of aryl methyl sites for hydroxylation is 3. The lowest BCUT2D eigenvalue weighted by atomic mass is 10.2. The molecule has 0 atom stereocenters. The molecule has 4 nitrogen and oxygen atoms in total. The van der Waals surface area contributed by atoms with Crippen molar-refractivity contribution < 1.29 is 0 Å². The zero-order chi connectivity index (χ0) is 13.2. The summed E-state index contributed by atoms with van der Waals surface area (Å²) in [7, 11) is 0. The summed E-state index contributed by atoms with van der Waals surface area (Å²) >= 11 is 0. The summed E-state index contributed by atoms with van der Waals surface area (Å²) in [6.45, 7) is 2.90. The fourth-order valence-electron chi connectivity index (χ4n) is 2.32. The normalized spacial score (nSPS) is 11.0. The van der Waals surface area contributed by atoms with Crippen LogP contribution in [0.1, 0.15) is 11.5 Å². The largest absolute Gasteiger partial charge is 0.399 e. The fourth-order valence-corrected chi connectivity index (χ4v) is 2.32. The van der Waals surface area contributed by atoms with Crippen LogP contribution in [-0.2, 0) is 13.0 Å². The maximum Gasteiger partial charge on any atom is 0.106 e. The second kappa shape index (κ2) is 4.72. The van der Waals surface area contributed by atoms with Crippen LogP contribution in [-0.4, -0.2) is 14.5 Å². The van der Waals surface area contributed by atoms with Gasteiger partial charge in [0.2, 0.25) is 0 Å². The van der Waals surface area contributed by atoms with Crippen LogP contribution in [0.25, 0.3) is 11.0 Å². The van der Waals surface area contributed by atoms with E-state index in [0.29, 0.717) is 0 Å². The van der Waals surface area contributed by atoms with Gasteiger partial charge in [0.05, 0.1) is 11.0 Å². The zero-order valence-corrected chi connectivity index (χ0v) is 10.9. The van der Waals surface area contributed by atoms with Gasteiger partial charge < -0.3 is 10.3 Å². The van der Waals surface area contributed by atoms with Crippen LogP contribution < -0.4 is 5.73 Å². The average Bonchev–Trinajstić information content (AvgIpc) is 2.72. The van der Waals surface area contributed by atoms with Crippen LogP contribution >= 0.6 is 0 Å². The predicted octanol–water partition coefficient (Wildman–Crippen LogP) is 2.56. The Morgan fingerprint density at radius 3 is 2.89 bits per heavy atom. The number of nitrogens with zero attached hydrogens (tertiary/aromatic N) is 3. The first-order valence-electron chi connectivity index (χ1n) is 6.36. The minimum Gasteiger partial charge on any atom is -0.399 e. The second-order valence-electron chi connectivity index (χ2n) is 4.63. The van der Waals surface area contributed by atoms with Gasteiger partial charge >= 0.3 is 0 Å². The average molecular weight is 252 g/mol. The number of hydrogen-bond acceptors (Lipinski definition) is 3. The molecule has 0 amide bonds. The summed E-state index contributed by atoms with van der Waals surface area (Å²) in [5.74, 6) is 1.01. The highest BCUT2D eigenvalue weighted by molar-refractivity contribution is 5.79. The Morgan fingerprint density at radius 2 is 2.11 bits per heavy atom. The summed E-state index contributed by atoms with van der Waals surface area (Å²) in [5.41, 5.74) is 9.72. The Morgan fingerprint density at radius 1 is 1.21 bits per heavy atom. The van der Waals surface area contributed by atoms with Gasteiger partial charge in [0, 0.05) is 30.5 Å². The van der Waals surface area contributed by atoms with Crippen LogP contribution in [0.15, 0.2) is 42.6 Å². The van der Waals surface area contributed by atoms with Gasteiger partial charge in [0.25, 0.3) is 0 Å². The van der Waals surface area contributed by atoms with E-state index in [1.807, 2.05) is 49.5 Å². The maximum absolute atomic E-state index is 5.79. The standard InChI is InChI=1S/C15H16N4/c1-11-18-14-10-12(16)5-6-15(14)19(11)9-7-13-4-2-3-8-17-13/h2-6,8,10H,7,9,16H2,1H3. The SMILES string of the molecule is Cc1nc2cc(N)ccc2n1CCc1ccccn1. The van der Waals surface area contributed by atoms with Gasteiger partial charge in [-0.15, -0.1) is 0 Å². The van der Waals surface area contributed by atoms with Crippen LogP contribution in [0.4, 0.5) is 5.69 Å². The van der Waals surface area contributed by atoms with Gasteiger partial charge in [-0.05, 0) is 37.3 Å². The fraction of sp³-hybridized carbons (Fsp3) is 0.200. The molecule has 19 heavy (non-hydrogen) atoms. The molecule has 3 aromatic rings. The number of imidazole rings is 1. The summed E-state index contributed by atoms with van der Waals surface area (Å²) in [5, 5.41) is 0. The molecule has 0 unspecified atom stereocenters. The zero-order valence-electron chi connectivity index (χ0n) is 10.9. The molecule has 2 aromatic heterocycles. The molecule has 0 aliphatic carbocycles. The molecule has 0 radical (unpaired) electrons. The first-order chi connectivity index (χ1) is 9.24. The molecular weight excluding hydrogens is 236 g/mol. The van der Waals surface area contributed by atoms with Gasteiger partial charge in [0.1, 0.15) is 5.82 Å². The van der Waals surface area contributed by atoms with Crippen molar-refractivity contribution in [3.05, 3.63) is 54.1 Å². The minimum atomic E-state index is 0.752. The molecule has 0 bridgehead atoms. The molecule has 2 heterocycles. The second-order valence-corrected chi connectivity index (χ2v) is 4.63. The number of pyridine rings is 1. The monoisotopic (exact) mass is 252 g/mol. The van der Waals surface area contributed by atoms with E-state index in [4.69, 9.17) is 5.73 Å². The molecule has 0 saturated heterocycles. The molecule has 3 rings (SSSR count). The molecule has 0 spiro atoms. The third-order valence-corrected chi connectivity index (χ3v) is 3.28. The third kappa shape index (κ3) is 2.29. The van der Waals surface area contributed by atoms with E-state index >= 15 is 0 Å². The van der Waals surface area contributed by atoms with Crippen LogP contribution in [0.2, 0.25) is 0 Å². The van der Waals surface area contributed by atoms with Crippen LogP contribution in [0.5, 0.6) is 0 Å². The van der Waals surface area contributed by atoms with Gasteiger partial charge in [-0.2, -0.15) is 0 Å². The van der Waals surface area contributed by atoms with E-state index in [-0.39, 0.29) is 0 Å². The number of benzene rings is 1. The number of hydrogen-bond donors (Lipinski definition) is 1. The van der Waals surface area contributed by atoms with Crippen molar-refractivity contribution in [3.63, 3.8) is 0 Å². The first kappa shape index (κ1) is 11.7. The Balaban J connectivity index is 1.90. The summed E-state index contributed by atoms with van der Waals surface area (Å²) in [4.78, 5) is 8.90. The third-order valence-electron chi connectivity index (χ3n) is 3.28. The maximum atomic E-state index is 5.79. The molecule has 0 saturated carbocycles. The van der Waals surface area contributed by atoms with Crippen molar-refractivity contribution in [2.24, 2.45) is 0 Å². The van der Waals surface area contributed by atoms with Crippen molar-refractivity contribution in [2.75, 3.05) is 5.73 Å². The predicted molar refractivity (Wildman–Crippen MR) is 76.8 cm³/mol. The van der Waals surface area contributed by atoms with E-state index < -0.39 is 0 Å². The van der Waals surface area contributed by atoms with Crippen molar-refractivity contribution in [1.82, 2.24) is 14.5 Å². The molecular formula is C15H16N4. The van der Waals surface area contributed by atoms with Gasteiger partial charge in [0.15, 0.2) is 0 Å². The lowest BCUT2D eigenvalue weighted by Crippen LogP contribution is -2.04. The molecule has 2 N–H and O–H groups in total. The Labute approximate surface area is 111 Å². The summed E-state index contributed by atoms with van der Waals surface area (Å²) < 4.78 is 2.21. The van der Waals surface area contributed by atoms with Gasteiger partial charge in [-0.3, -0.25) is 4.98 Å². The van der Waals surface area contributed by atoms with E-state index in [2.05, 4.69) is 14.5 Å². The van der Waals surface area contributed by atoms with E-state index in [0.717, 1.165) is 41.2 Å². The molecule has 96 valence electrons. The lowest BCUT2D eigenvalue weighted by Gasteiger charge is -2.06. The highest BCUT2D eigenvalue weighted by Gasteiger charge is 2.07. The van der Waals surface area contributed by atoms with Crippen LogP contribution in [0, 0.1) is 6.92 Å². The number of rotatable bonds is 3. The molecule has 0 aliphatic rings. The highest BCUT2D eigenvalue weighted by Crippen LogP contribution is 2.19. The summed E-state index contributed by atoms with van der Waals surface area (Å²) in [6, 6.07) is 11.9. The number of aromatic nitrogens is 3. The Kier molecular flexibility index (Phi) is 2.91. The Hall–Kier alpha value is -2.36. The van der Waals surface area contributed by atoms with Crippen molar-refractivity contribution >= 4 is 16.7 Å². The minimum absolute atomic E-state index is 0.752. The van der Waals surface area contributed by atoms with E-state index in [1.165, 1.54) is 0 Å². The van der Waals surface area contributed by atoms with Gasteiger partial charge in [-0.1, -0.05) is 6.07 Å². The molecule has 1 aromatic carbocycles. The van der Waals surface area contributed by atoms with Crippen molar-refractivity contribution in [1.29, 1.82) is 0 Å².